The zero-order chi connectivity index (χ0) is 15.1. The van der Waals surface area contributed by atoms with Gasteiger partial charge in [0.15, 0.2) is 5.11 Å². The standard InChI is InChI=1S/C15H14ClN3OS/c1-20-14-8-3-2-7-13(14)18-15(21)19-17-10-11-5-4-6-12(16)9-11/h2-10H,1H3,(H2,18,19,21)/b17-10-. The molecular weight excluding hydrogens is 306 g/mol. The molecule has 0 aromatic heterocycles. The molecule has 0 aliphatic rings. The number of nitrogens with one attached hydrogen (secondary N) is 2. The highest BCUT2D eigenvalue weighted by Gasteiger charge is 2.02. The molecule has 0 unspecified atom stereocenters. The Morgan fingerprint density at radius 3 is 2.81 bits per heavy atom. The molecule has 0 spiro atoms. The Bertz CT molecular complexity index is 661. The number of hydrogen-bond acceptors (Lipinski definition) is 3. The third-order valence-corrected chi connectivity index (χ3v) is 3.01. The first-order valence-electron chi connectivity index (χ1n) is 6.17. The number of anilines is 1. The third kappa shape index (κ3) is 4.73. The Labute approximate surface area is 133 Å². The van der Waals surface area contributed by atoms with Crippen molar-refractivity contribution in [2.24, 2.45) is 5.10 Å². The van der Waals surface area contributed by atoms with Gasteiger partial charge in [-0.25, -0.2) is 0 Å². The van der Waals surface area contributed by atoms with E-state index in [9.17, 15) is 0 Å². The second-order valence-electron chi connectivity index (χ2n) is 4.08. The highest BCUT2D eigenvalue weighted by molar-refractivity contribution is 7.80. The number of hydrazone groups is 1. The molecule has 0 amide bonds. The predicted molar refractivity (Wildman–Crippen MR) is 91.4 cm³/mol. The van der Waals surface area contributed by atoms with Gasteiger partial charge in [0, 0.05) is 5.02 Å². The number of para-hydroxylation sites is 2. The van der Waals surface area contributed by atoms with Crippen molar-refractivity contribution in [2.45, 2.75) is 0 Å². The quantitative estimate of drug-likeness (QED) is 0.513. The van der Waals surface area contributed by atoms with Crippen LogP contribution in [0, 0.1) is 0 Å². The Balaban J connectivity index is 1.93. The molecule has 2 rings (SSSR count). The first-order valence-corrected chi connectivity index (χ1v) is 6.96. The predicted octanol–water partition coefficient (Wildman–Crippen LogP) is 3.67. The molecule has 0 radical (unpaired) electrons. The van der Waals surface area contributed by atoms with Crippen LogP contribution in [0.25, 0.3) is 0 Å². The summed E-state index contributed by atoms with van der Waals surface area (Å²) in [6.45, 7) is 0. The molecule has 4 nitrogen and oxygen atoms in total. The average molecular weight is 320 g/mol. The van der Waals surface area contributed by atoms with Gasteiger partial charge in [-0.15, -0.1) is 0 Å². The first-order chi connectivity index (χ1) is 10.2. The lowest BCUT2D eigenvalue weighted by atomic mass is 10.2. The van der Waals surface area contributed by atoms with E-state index in [0.29, 0.717) is 15.9 Å². The normalized spacial score (nSPS) is 10.4. The van der Waals surface area contributed by atoms with Gasteiger partial charge in [0.1, 0.15) is 5.75 Å². The fraction of sp³-hybridized carbons (Fsp3) is 0.0667. The fourth-order valence-corrected chi connectivity index (χ4v) is 2.01. The molecule has 0 atom stereocenters. The maximum atomic E-state index is 5.89. The number of benzene rings is 2. The summed E-state index contributed by atoms with van der Waals surface area (Å²) in [5, 5.41) is 8.10. The topological polar surface area (TPSA) is 45.6 Å². The van der Waals surface area contributed by atoms with Crippen LogP contribution in [0.5, 0.6) is 5.75 Å². The maximum absolute atomic E-state index is 5.89. The van der Waals surface area contributed by atoms with Crippen molar-refractivity contribution in [1.29, 1.82) is 0 Å². The molecule has 0 aliphatic heterocycles. The SMILES string of the molecule is COc1ccccc1NC(=S)N/N=C\c1cccc(Cl)c1. The molecule has 6 heteroatoms. The summed E-state index contributed by atoms with van der Waals surface area (Å²) in [5.74, 6) is 0.709. The minimum atomic E-state index is 0.373. The van der Waals surface area contributed by atoms with Crippen LogP contribution < -0.4 is 15.5 Å². The van der Waals surface area contributed by atoms with Crippen LogP contribution in [-0.4, -0.2) is 18.4 Å². The van der Waals surface area contributed by atoms with Gasteiger partial charge in [0.05, 0.1) is 19.0 Å². The molecule has 0 saturated heterocycles. The van der Waals surface area contributed by atoms with E-state index in [4.69, 9.17) is 28.6 Å². The number of rotatable bonds is 4. The Morgan fingerprint density at radius 1 is 1.24 bits per heavy atom. The van der Waals surface area contributed by atoms with E-state index < -0.39 is 0 Å². The van der Waals surface area contributed by atoms with Gasteiger partial charge in [0.25, 0.3) is 0 Å². The second kappa shape index (κ2) is 7.61. The van der Waals surface area contributed by atoms with Gasteiger partial charge in [-0.2, -0.15) is 5.10 Å². The van der Waals surface area contributed by atoms with Crippen LogP contribution in [0.2, 0.25) is 5.02 Å². The number of hydrogen-bond donors (Lipinski definition) is 2. The van der Waals surface area contributed by atoms with Crippen molar-refractivity contribution in [3.8, 4) is 5.75 Å². The number of ether oxygens (including phenoxy) is 1. The average Bonchev–Trinajstić information content (AvgIpc) is 2.48. The largest absolute Gasteiger partial charge is 0.495 e. The Morgan fingerprint density at radius 2 is 2.05 bits per heavy atom. The molecule has 2 aromatic rings. The summed E-state index contributed by atoms with van der Waals surface area (Å²) in [7, 11) is 1.61. The smallest absolute Gasteiger partial charge is 0.191 e. The van der Waals surface area contributed by atoms with E-state index in [1.165, 1.54) is 0 Å². The Hall–Kier alpha value is -2.11. The minimum Gasteiger partial charge on any atom is -0.495 e. The summed E-state index contributed by atoms with van der Waals surface area (Å²) < 4.78 is 5.23. The van der Waals surface area contributed by atoms with Gasteiger partial charge in [-0.1, -0.05) is 35.9 Å². The molecule has 0 fully saturated rings. The van der Waals surface area contributed by atoms with E-state index in [1.807, 2.05) is 42.5 Å². The lowest BCUT2D eigenvalue weighted by Gasteiger charge is -2.10. The molecule has 0 heterocycles. The summed E-state index contributed by atoms with van der Waals surface area (Å²) in [6.07, 6.45) is 1.64. The highest BCUT2D eigenvalue weighted by Crippen LogP contribution is 2.22. The van der Waals surface area contributed by atoms with Crippen molar-refractivity contribution < 1.29 is 4.74 Å². The molecule has 2 aromatic carbocycles. The van der Waals surface area contributed by atoms with Crippen molar-refractivity contribution in [1.82, 2.24) is 5.43 Å². The molecule has 21 heavy (non-hydrogen) atoms. The van der Waals surface area contributed by atoms with Gasteiger partial charge >= 0.3 is 0 Å². The van der Waals surface area contributed by atoms with Gasteiger partial charge in [-0.05, 0) is 42.0 Å². The van der Waals surface area contributed by atoms with E-state index >= 15 is 0 Å². The summed E-state index contributed by atoms with van der Waals surface area (Å²) in [6, 6.07) is 14.9. The number of methoxy groups -OCH3 is 1. The molecule has 0 aliphatic carbocycles. The van der Waals surface area contributed by atoms with Gasteiger partial charge in [0.2, 0.25) is 0 Å². The molecule has 2 N–H and O–H groups in total. The number of thiocarbonyl (C=S) groups is 1. The van der Waals surface area contributed by atoms with Crippen LogP contribution in [0.4, 0.5) is 5.69 Å². The van der Waals surface area contributed by atoms with E-state index in [0.717, 1.165) is 11.3 Å². The van der Waals surface area contributed by atoms with E-state index in [-0.39, 0.29) is 0 Å². The van der Waals surface area contributed by atoms with Crippen LogP contribution in [0.15, 0.2) is 53.6 Å². The fourth-order valence-electron chi connectivity index (χ4n) is 1.65. The summed E-state index contributed by atoms with van der Waals surface area (Å²) in [4.78, 5) is 0. The van der Waals surface area contributed by atoms with E-state index in [1.54, 1.807) is 19.4 Å². The summed E-state index contributed by atoms with van der Waals surface area (Å²) in [5.41, 5.74) is 4.40. The number of nitrogens with zero attached hydrogens (tertiary/aromatic N) is 1. The van der Waals surface area contributed by atoms with Crippen molar-refractivity contribution in [2.75, 3.05) is 12.4 Å². The monoisotopic (exact) mass is 319 g/mol. The van der Waals surface area contributed by atoms with Crippen molar-refractivity contribution >= 4 is 40.8 Å². The zero-order valence-electron chi connectivity index (χ0n) is 11.3. The Kier molecular flexibility index (Phi) is 5.54. The second-order valence-corrected chi connectivity index (χ2v) is 4.92. The van der Waals surface area contributed by atoms with Crippen LogP contribution in [-0.2, 0) is 0 Å². The summed E-state index contributed by atoms with van der Waals surface area (Å²) >= 11 is 11.1. The molecule has 108 valence electrons. The number of halogens is 1. The van der Waals surface area contributed by atoms with Crippen LogP contribution >= 0.6 is 23.8 Å². The lowest BCUT2D eigenvalue weighted by Crippen LogP contribution is -2.24. The third-order valence-electron chi connectivity index (χ3n) is 2.58. The van der Waals surface area contributed by atoms with Crippen molar-refractivity contribution in [3.05, 3.63) is 59.1 Å². The van der Waals surface area contributed by atoms with Crippen LogP contribution in [0.3, 0.4) is 0 Å². The van der Waals surface area contributed by atoms with Gasteiger partial charge in [-0.3, -0.25) is 5.43 Å². The van der Waals surface area contributed by atoms with E-state index in [2.05, 4.69) is 15.8 Å². The molecule has 0 saturated carbocycles. The zero-order valence-corrected chi connectivity index (χ0v) is 12.9. The molecular formula is C15H14ClN3OS. The maximum Gasteiger partial charge on any atom is 0.191 e. The molecule has 0 bridgehead atoms. The van der Waals surface area contributed by atoms with Gasteiger partial charge < -0.3 is 10.1 Å². The lowest BCUT2D eigenvalue weighted by molar-refractivity contribution is 0.417. The minimum absolute atomic E-state index is 0.373. The van der Waals surface area contributed by atoms with Crippen LogP contribution in [0.1, 0.15) is 5.56 Å². The van der Waals surface area contributed by atoms with Crippen molar-refractivity contribution in [3.63, 3.8) is 0 Å². The first kappa shape index (κ1) is 15.3. The highest BCUT2D eigenvalue weighted by atomic mass is 35.5.